The van der Waals surface area contributed by atoms with Gasteiger partial charge in [0.1, 0.15) is 5.69 Å². The van der Waals surface area contributed by atoms with Crippen LogP contribution in [0.1, 0.15) is 11.3 Å². The highest BCUT2D eigenvalue weighted by Gasteiger charge is 2.14. The Kier molecular flexibility index (Phi) is 4.27. The minimum absolute atomic E-state index is 0.110. The summed E-state index contributed by atoms with van der Waals surface area (Å²) < 4.78 is 1.51. The first-order valence-corrected chi connectivity index (χ1v) is 8.67. The van der Waals surface area contributed by atoms with Gasteiger partial charge in [-0.3, -0.25) is 9.78 Å². The molecule has 26 heavy (non-hydrogen) atoms. The smallest absolute Gasteiger partial charge is 0.267 e. The largest absolute Gasteiger partial charge is 0.274 e. The summed E-state index contributed by atoms with van der Waals surface area (Å²) in [5.41, 5.74) is 3.42. The molecule has 0 N–H and O–H groups in total. The third kappa shape index (κ3) is 3.00. The van der Waals surface area contributed by atoms with Gasteiger partial charge in [-0.1, -0.05) is 41.9 Å². The number of pyridine rings is 1. The van der Waals surface area contributed by atoms with Crippen molar-refractivity contribution >= 4 is 22.4 Å². The molecule has 0 atom stereocenters. The topological polar surface area (TPSA) is 47.8 Å². The molecule has 0 aliphatic heterocycles. The summed E-state index contributed by atoms with van der Waals surface area (Å²) in [4.78, 5) is 17.3. The molecule has 0 unspecified atom stereocenters. The van der Waals surface area contributed by atoms with E-state index in [9.17, 15) is 4.79 Å². The summed E-state index contributed by atoms with van der Waals surface area (Å²) in [5, 5.41) is 6.83. The Balaban J connectivity index is 1.94. The van der Waals surface area contributed by atoms with Gasteiger partial charge >= 0.3 is 0 Å². The average molecular weight is 362 g/mol. The van der Waals surface area contributed by atoms with Crippen molar-refractivity contribution < 1.29 is 0 Å². The van der Waals surface area contributed by atoms with E-state index in [1.807, 2.05) is 67.6 Å². The van der Waals surface area contributed by atoms with Crippen molar-refractivity contribution in [3.63, 3.8) is 0 Å². The van der Waals surface area contributed by atoms with E-state index >= 15 is 0 Å². The molecule has 0 aliphatic carbocycles. The minimum Gasteiger partial charge on any atom is -0.267 e. The van der Waals surface area contributed by atoms with E-state index < -0.39 is 0 Å². The lowest BCUT2D eigenvalue weighted by Crippen LogP contribution is -2.24. The van der Waals surface area contributed by atoms with Crippen molar-refractivity contribution in [3.05, 3.63) is 93.5 Å². The average Bonchev–Trinajstić information content (AvgIpc) is 2.66. The molecule has 2 heterocycles. The molecular formula is C21H16ClN3O. The third-order valence-electron chi connectivity index (χ3n) is 4.38. The van der Waals surface area contributed by atoms with E-state index in [0.29, 0.717) is 17.0 Å². The van der Waals surface area contributed by atoms with Crippen LogP contribution in [0.5, 0.6) is 0 Å². The number of fused-ring (bicyclic) bond motifs is 1. The molecule has 0 saturated carbocycles. The number of aromatic nitrogens is 3. The Morgan fingerprint density at radius 1 is 0.962 bits per heavy atom. The SMILES string of the molecule is Cc1ncccc1-c1nn(Cc2ccc(Cl)cc2)c(=O)c2ccccc12. The zero-order valence-electron chi connectivity index (χ0n) is 14.2. The highest BCUT2D eigenvalue weighted by atomic mass is 35.5. The molecule has 0 saturated heterocycles. The van der Waals surface area contributed by atoms with Gasteiger partial charge in [-0.15, -0.1) is 0 Å². The van der Waals surface area contributed by atoms with E-state index in [4.69, 9.17) is 11.6 Å². The van der Waals surface area contributed by atoms with Crippen molar-refractivity contribution in [2.75, 3.05) is 0 Å². The summed E-state index contributed by atoms with van der Waals surface area (Å²) in [6.45, 7) is 2.33. The van der Waals surface area contributed by atoms with Gasteiger partial charge in [0, 0.05) is 27.9 Å². The van der Waals surface area contributed by atoms with Gasteiger partial charge in [0.05, 0.1) is 11.9 Å². The molecule has 2 aromatic carbocycles. The van der Waals surface area contributed by atoms with Crippen LogP contribution < -0.4 is 5.56 Å². The number of hydrogen-bond acceptors (Lipinski definition) is 3. The Morgan fingerprint density at radius 2 is 1.69 bits per heavy atom. The lowest BCUT2D eigenvalue weighted by atomic mass is 10.0. The van der Waals surface area contributed by atoms with E-state index in [1.54, 1.807) is 6.20 Å². The molecule has 4 nitrogen and oxygen atoms in total. The molecule has 0 bridgehead atoms. The van der Waals surface area contributed by atoms with E-state index in [1.165, 1.54) is 4.68 Å². The second kappa shape index (κ2) is 6.73. The van der Waals surface area contributed by atoms with Crippen LogP contribution in [0.3, 0.4) is 0 Å². The van der Waals surface area contributed by atoms with Crippen molar-refractivity contribution in [1.29, 1.82) is 0 Å². The van der Waals surface area contributed by atoms with Gasteiger partial charge in [0.2, 0.25) is 0 Å². The molecule has 4 rings (SSSR count). The standard InChI is InChI=1S/C21H16ClN3O/c1-14-17(7-4-12-23-14)20-18-5-2-3-6-19(18)21(26)25(24-20)13-15-8-10-16(22)11-9-15/h2-12H,13H2,1H3. The lowest BCUT2D eigenvalue weighted by molar-refractivity contribution is 0.650. The minimum atomic E-state index is -0.110. The normalized spacial score (nSPS) is 11.0. The number of nitrogens with zero attached hydrogens (tertiary/aromatic N) is 3. The first-order chi connectivity index (χ1) is 12.6. The maximum absolute atomic E-state index is 12.9. The number of hydrogen-bond donors (Lipinski definition) is 0. The van der Waals surface area contributed by atoms with Crippen LogP contribution in [0.25, 0.3) is 22.0 Å². The van der Waals surface area contributed by atoms with Crippen LogP contribution in [0.2, 0.25) is 5.02 Å². The van der Waals surface area contributed by atoms with Gasteiger partial charge in [0.25, 0.3) is 5.56 Å². The van der Waals surface area contributed by atoms with Gasteiger partial charge < -0.3 is 0 Å². The van der Waals surface area contributed by atoms with Crippen LogP contribution in [0.4, 0.5) is 0 Å². The molecule has 4 aromatic rings. The molecule has 0 fully saturated rings. The summed E-state index contributed by atoms with van der Waals surface area (Å²) in [5.74, 6) is 0. The maximum atomic E-state index is 12.9. The predicted molar refractivity (Wildman–Crippen MR) is 105 cm³/mol. The van der Waals surface area contributed by atoms with E-state index in [0.717, 1.165) is 27.9 Å². The predicted octanol–water partition coefficient (Wildman–Crippen LogP) is 4.47. The van der Waals surface area contributed by atoms with Crippen LogP contribution in [-0.2, 0) is 6.54 Å². The summed E-state index contributed by atoms with van der Waals surface area (Å²) >= 11 is 5.96. The highest BCUT2D eigenvalue weighted by molar-refractivity contribution is 6.30. The molecule has 2 aromatic heterocycles. The number of halogens is 1. The number of benzene rings is 2. The van der Waals surface area contributed by atoms with Gasteiger partial charge in [-0.25, -0.2) is 4.68 Å². The molecule has 0 amide bonds. The molecule has 5 heteroatoms. The quantitative estimate of drug-likeness (QED) is 0.541. The number of aryl methyl sites for hydroxylation is 1. The zero-order valence-corrected chi connectivity index (χ0v) is 14.9. The highest BCUT2D eigenvalue weighted by Crippen LogP contribution is 2.26. The summed E-state index contributed by atoms with van der Waals surface area (Å²) in [7, 11) is 0. The second-order valence-corrected chi connectivity index (χ2v) is 6.56. The van der Waals surface area contributed by atoms with Gasteiger partial charge in [0.15, 0.2) is 0 Å². The monoisotopic (exact) mass is 361 g/mol. The maximum Gasteiger partial charge on any atom is 0.274 e. The molecule has 128 valence electrons. The number of rotatable bonds is 3. The Hall–Kier alpha value is -2.98. The van der Waals surface area contributed by atoms with Crippen molar-refractivity contribution in [2.45, 2.75) is 13.5 Å². The fraction of sp³-hybridized carbons (Fsp3) is 0.0952. The van der Waals surface area contributed by atoms with Crippen LogP contribution in [-0.4, -0.2) is 14.8 Å². The molecule has 0 spiro atoms. The van der Waals surface area contributed by atoms with Crippen molar-refractivity contribution in [2.24, 2.45) is 0 Å². The van der Waals surface area contributed by atoms with Gasteiger partial charge in [-0.2, -0.15) is 5.10 Å². The van der Waals surface area contributed by atoms with Crippen LogP contribution >= 0.6 is 11.6 Å². The zero-order chi connectivity index (χ0) is 18.1. The fourth-order valence-electron chi connectivity index (χ4n) is 3.04. The lowest BCUT2D eigenvalue weighted by Gasteiger charge is -2.12. The molecule has 0 radical (unpaired) electrons. The summed E-state index contributed by atoms with van der Waals surface area (Å²) in [6.07, 6.45) is 1.75. The van der Waals surface area contributed by atoms with Crippen molar-refractivity contribution in [1.82, 2.24) is 14.8 Å². The Bertz CT molecular complexity index is 1150. The third-order valence-corrected chi connectivity index (χ3v) is 4.63. The summed E-state index contributed by atoms with van der Waals surface area (Å²) in [6, 6.07) is 18.9. The fourth-order valence-corrected chi connectivity index (χ4v) is 3.16. The van der Waals surface area contributed by atoms with E-state index in [-0.39, 0.29) is 5.56 Å². The van der Waals surface area contributed by atoms with Gasteiger partial charge in [-0.05, 0) is 42.8 Å². The van der Waals surface area contributed by atoms with Crippen molar-refractivity contribution in [3.8, 4) is 11.3 Å². The van der Waals surface area contributed by atoms with E-state index in [2.05, 4.69) is 10.1 Å². The Morgan fingerprint density at radius 3 is 2.42 bits per heavy atom. The first kappa shape index (κ1) is 16.5. The Labute approximate surface area is 155 Å². The first-order valence-electron chi connectivity index (χ1n) is 8.30. The molecule has 0 aliphatic rings. The molecular weight excluding hydrogens is 346 g/mol. The second-order valence-electron chi connectivity index (χ2n) is 6.12. The van der Waals surface area contributed by atoms with Crippen LogP contribution in [0, 0.1) is 6.92 Å². The van der Waals surface area contributed by atoms with Crippen LogP contribution in [0.15, 0.2) is 71.7 Å².